The number of carbonyl (C=O) groups excluding carboxylic acids is 4. The summed E-state index contributed by atoms with van der Waals surface area (Å²) in [6, 6.07) is 8.08. The number of nitrogens with zero attached hydrogens (tertiary/aromatic N) is 2. The highest BCUT2D eigenvalue weighted by molar-refractivity contribution is 6.31. The Kier molecular flexibility index (Phi) is 5.15. The molecule has 3 amide bonds. The summed E-state index contributed by atoms with van der Waals surface area (Å²) in [5.41, 5.74) is -0.162. The first-order chi connectivity index (χ1) is 13.2. The van der Waals surface area contributed by atoms with E-state index in [0.717, 1.165) is 17.9 Å². The smallest absolute Gasteiger partial charge is 0.328 e. The molecule has 0 saturated carbocycles. The van der Waals surface area contributed by atoms with Gasteiger partial charge in [0.05, 0.1) is 11.1 Å². The molecule has 1 aliphatic rings. The highest BCUT2D eigenvalue weighted by Crippen LogP contribution is 2.32. The Morgan fingerprint density at radius 3 is 2.14 bits per heavy atom. The van der Waals surface area contributed by atoms with Crippen molar-refractivity contribution in [1.29, 1.82) is 0 Å². The third kappa shape index (κ3) is 3.22. The molecule has 0 aliphatic carbocycles. The maximum absolute atomic E-state index is 14.4. The number of hydroxylamine groups is 2. The van der Waals surface area contributed by atoms with Crippen molar-refractivity contribution >= 4 is 35.3 Å². The van der Waals surface area contributed by atoms with Gasteiger partial charge < -0.3 is 9.74 Å². The first-order valence-corrected chi connectivity index (χ1v) is 8.48. The highest BCUT2D eigenvalue weighted by atomic mass is 35.5. The van der Waals surface area contributed by atoms with Crippen LogP contribution in [0, 0.1) is 5.82 Å². The van der Waals surface area contributed by atoms with E-state index in [4.69, 9.17) is 16.4 Å². The van der Waals surface area contributed by atoms with Gasteiger partial charge in [-0.1, -0.05) is 34.9 Å². The molecule has 144 valence electrons. The lowest BCUT2D eigenvalue weighted by atomic mass is 10.0. The molecule has 28 heavy (non-hydrogen) atoms. The van der Waals surface area contributed by atoms with Gasteiger partial charge in [-0.3, -0.25) is 14.4 Å². The van der Waals surface area contributed by atoms with E-state index in [1.165, 1.54) is 31.3 Å². The van der Waals surface area contributed by atoms with Gasteiger partial charge in [0.2, 0.25) is 5.91 Å². The van der Waals surface area contributed by atoms with Crippen molar-refractivity contribution in [2.75, 3.05) is 7.05 Å². The van der Waals surface area contributed by atoms with Crippen LogP contribution in [0.2, 0.25) is 5.02 Å². The number of hydrogen-bond acceptors (Lipinski definition) is 5. The Morgan fingerprint density at radius 2 is 1.64 bits per heavy atom. The van der Waals surface area contributed by atoms with Gasteiger partial charge in [0.15, 0.2) is 6.04 Å². The molecule has 0 saturated heterocycles. The lowest BCUT2D eigenvalue weighted by Crippen LogP contribution is -2.41. The van der Waals surface area contributed by atoms with E-state index in [2.05, 4.69) is 0 Å². The summed E-state index contributed by atoms with van der Waals surface area (Å²) in [6.07, 6.45) is 0. The molecule has 0 aromatic heterocycles. The van der Waals surface area contributed by atoms with Crippen LogP contribution in [0.1, 0.15) is 39.2 Å². The summed E-state index contributed by atoms with van der Waals surface area (Å²) in [7, 11) is 1.25. The van der Waals surface area contributed by atoms with E-state index in [9.17, 15) is 23.6 Å². The number of benzene rings is 2. The standard InChI is InChI=1S/C19H14ClFN2O5/c1-10(24)22(2)16(15-13(20)8-5-9-14(15)21)19(27)28-23-17(25)11-6-3-4-7-12(11)18(23)26/h3-9,16H,1-2H3. The summed E-state index contributed by atoms with van der Waals surface area (Å²) >= 11 is 6.03. The van der Waals surface area contributed by atoms with Gasteiger partial charge >= 0.3 is 5.97 Å². The maximum atomic E-state index is 14.4. The van der Waals surface area contributed by atoms with Crippen LogP contribution in [-0.4, -0.2) is 40.7 Å². The third-order valence-corrected chi connectivity index (χ3v) is 4.65. The van der Waals surface area contributed by atoms with Gasteiger partial charge in [0.25, 0.3) is 11.8 Å². The number of hydrogen-bond donors (Lipinski definition) is 0. The average Bonchev–Trinajstić information content (AvgIpc) is 2.89. The topological polar surface area (TPSA) is 84.0 Å². The number of fused-ring (bicyclic) bond motifs is 1. The minimum absolute atomic E-state index is 0.0701. The number of amides is 3. The predicted molar refractivity (Wildman–Crippen MR) is 95.6 cm³/mol. The van der Waals surface area contributed by atoms with E-state index >= 15 is 0 Å². The van der Waals surface area contributed by atoms with E-state index in [-0.39, 0.29) is 21.7 Å². The Hall–Kier alpha value is -3.26. The summed E-state index contributed by atoms with van der Waals surface area (Å²) in [6.45, 7) is 1.16. The molecule has 0 bridgehead atoms. The summed E-state index contributed by atoms with van der Waals surface area (Å²) in [5, 5.41) is 0.181. The van der Waals surface area contributed by atoms with Gasteiger partial charge in [-0.25, -0.2) is 9.18 Å². The van der Waals surface area contributed by atoms with Crippen molar-refractivity contribution in [2.45, 2.75) is 13.0 Å². The quantitative estimate of drug-likeness (QED) is 0.732. The molecule has 1 unspecified atom stereocenters. The van der Waals surface area contributed by atoms with E-state index in [1.807, 2.05) is 0 Å². The lowest BCUT2D eigenvalue weighted by molar-refractivity contribution is -0.176. The molecule has 3 rings (SSSR count). The van der Waals surface area contributed by atoms with Crippen molar-refractivity contribution in [3.63, 3.8) is 0 Å². The Bertz CT molecular complexity index is 954. The zero-order valence-electron chi connectivity index (χ0n) is 14.8. The normalized spacial score (nSPS) is 13.9. The Morgan fingerprint density at radius 1 is 1.07 bits per heavy atom. The second-order valence-electron chi connectivity index (χ2n) is 6.03. The molecule has 2 aromatic carbocycles. The first kappa shape index (κ1) is 19.5. The molecular formula is C19H14ClFN2O5. The second-order valence-corrected chi connectivity index (χ2v) is 6.44. The van der Waals surface area contributed by atoms with Gasteiger partial charge in [-0.05, 0) is 24.3 Å². The lowest BCUT2D eigenvalue weighted by Gasteiger charge is -2.27. The fraction of sp³-hybridized carbons (Fsp3) is 0.158. The Labute approximate surface area is 164 Å². The molecule has 0 N–H and O–H groups in total. The number of halogens is 2. The number of carbonyl (C=O) groups is 4. The molecule has 1 aliphatic heterocycles. The van der Waals surface area contributed by atoms with E-state index < -0.39 is 35.5 Å². The van der Waals surface area contributed by atoms with Crippen LogP contribution in [-0.2, 0) is 14.4 Å². The van der Waals surface area contributed by atoms with Crippen LogP contribution in [0.25, 0.3) is 0 Å². The van der Waals surface area contributed by atoms with Crippen molar-refractivity contribution in [3.05, 3.63) is 70.0 Å². The fourth-order valence-electron chi connectivity index (χ4n) is 2.81. The molecule has 0 spiro atoms. The van der Waals surface area contributed by atoms with Crippen molar-refractivity contribution in [3.8, 4) is 0 Å². The van der Waals surface area contributed by atoms with Gasteiger partial charge in [-0.2, -0.15) is 0 Å². The fourth-order valence-corrected chi connectivity index (χ4v) is 3.08. The molecule has 2 aromatic rings. The zero-order chi connectivity index (χ0) is 20.6. The maximum Gasteiger partial charge on any atom is 0.360 e. The minimum atomic E-state index is -1.60. The van der Waals surface area contributed by atoms with Crippen molar-refractivity contribution < 1.29 is 28.4 Å². The van der Waals surface area contributed by atoms with Crippen LogP contribution in [0.3, 0.4) is 0 Å². The molecule has 7 nitrogen and oxygen atoms in total. The van der Waals surface area contributed by atoms with E-state index in [0.29, 0.717) is 5.06 Å². The predicted octanol–water partition coefficient (Wildman–Crippen LogP) is 2.75. The van der Waals surface area contributed by atoms with Crippen LogP contribution in [0.15, 0.2) is 42.5 Å². The van der Waals surface area contributed by atoms with Gasteiger partial charge in [0, 0.05) is 24.6 Å². The molecule has 0 fully saturated rings. The van der Waals surface area contributed by atoms with Crippen molar-refractivity contribution in [2.24, 2.45) is 0 Å². The molecule has 1 heterocycles. The SMILES string of the molecule is CC(=O)N(C)C(C(=O)ON1C(=O)c2ccccc2C1=O)c1c(F)cccc1Cl. The van der Waals surface area contributed by atoms with E-state index in [1.54, 1.807) is 12.1 Å². The monoisotopic (exact) mass is 404 g/mol. The molecular weight excluding hydrogens is 391 g/mol. The second kappa shape index (κ2) is 7.40. The minimum Gasteiger partial charge on any atom is -0.328 e. The summed E-state index contributed by atoms with van der Waals surface area (Å²) < 4.78 is 14.4. The molecule has 0 radical (unpaired) electrons. The van der Waals surface area contributed by atoms with Gasteiger partial charge in [-0.15, -0.1) is 0 Å². The number of likely N-dealkylation sites (N-methyl/N-ethyl adjacent to an activating group) is 1. The number of rotatable bonds is 4. The third-order valence-electron chi connectivity index (χ3n) is 4.32. The highest BCUT2D eigenvalue weighted by Gasteiger charge is 2.42. The summed E-state index contributed by atoms with van der Waals surface area (Å²) in [5.74, 6) is -4.30. The van der Waals surface area contributed by atoms with Crippen LogP contribution in [0.4, 0.5) is 4.39 Å². The van der Waals surface area contributed by atoms with Crippen LogP contribution >= 0.6 is 11.6 Å². The van der Waals surface area contributed by atoms with Crippen LogP contribution < -0.4 is 0 Å². The zero-order valence-corrected chi connectivity index (χ0v) is 15.6. The number of imide groups is 1. The molecule has 9 heteroatoms. The Balaban J connectivity index is 1.97. The van der Waals surface area contributed by atoms with Crippen molar-refractivity contribution in [1.82, 2.24) is 9.96 Å². The van der Waals surface area contributed by atoms with Gasteiger partial charge in [0.1, 0.15) is 5.82 Å². The summed E-state index contributed by atoms with van der Waals surface area (Å²) in [4.78, 5) is 55.3. The average molecular weight is 405 g/mol. The largest absolute Gasteiger partial charge is 0.360 e. The van der Waals surface area contributed by atoms with Crippen LogP contribution in [0.5, 0.6) is 0 Å². The first-order valence-electron chi connectivity index (χ1n) is 8.11. The molecule has 1 atom stereocenters.